The molecule has 0 atom stereocenters. The number of imide groups is 1. The Morgan fingerprint density at radius 2 is 1.63 bits per heavy atom. The predicted molar refractivity (Wildman–Crippen MR) is 99.0 cm³/mol. The van der Waals surface area contributed by atoms with Crippen LogP contribution in [0.3, 0.4) is 0 Å². The number of allylic oxidation sites excluding steroid dienone is 1. The fourth-order valence-electron chi connectivity index (χ4n) is 1.91. The van der Waals surface area contributed by atoms with Gasteiger partial charge in [-0.05, 0) is 35.9 Å². The average molecular weight is 438 g/mol. The zero-order valence-corrected chi connectivity index (χ0v) is 15.5. The van der Waals surface area contributed by atoms with Crippen molar-refractivity contribution >= 4 is 58.7 Å². The van der Waals surface area contributed by atoms with Gasteiger partial charge < -0.3 is 0 Å². The molecule has 27 heavy (non-hydrogen) atoms. The highest BCUT2D eigenvalue weighted by Crippen LogP contribution is 2.30. The number of urea groups is 1. The largest absolute Gasteiger partial charge is 0.426 e. The van der Waals surface area contributed by atoms with Crippen molar-refractivity contribution < 1.29 is 22.8 Å². The molecule has 2 aromatic carbocycles. The molecule has 142 valence electrons. The van der Waals surface area contributed by atoms with Crippen LogP contribution in [0.25, 0.3) is 6.08 Å². The summed E-state index contributed by atoms with van der Waals surface area (Å²) in [5.74, 6) is -0.757. The van der Waals surface area contributed by atoms with E-state index in [2.05, 4.69) is 5.32 Å². The van der Waals surface area contributed by atoms with E-state index in [1.807, 2.05) is 0 Å². The molecule has 1 N–H and O–H groups in total. The van der Waals surface area contributed by atoms with Gasteiger partial charge in [-0.15, -0.1) is 0 Å². The molecule has 0 saturated carbocycles. The standard InChI is InChI=1S/C17H10Cl3F3N2O2/c18-13-4-2-1-3-12(13)15(26)24-16(27)25(20)11-7-5-10(6-8-11)9-14(19)17(21,22)23/h1-9H,(H,24,26,27). The van der Waals surface area contributed by atoms with Gasteiger partial charge in [0.05, 0.1) is 16.3 Å². The van der Waals surface area contributed by atoms with Gasteiger partial charge in [0, 0.05) is 11.8 Å². The van der Waals surface area contributed by atoms with E-state index in [0.29, 0.717) is 4.42 Å². The number of rotatable bonds is 3. The Labute approximate surface area is 167 Å². The Balaban J connectivity index is 2.09. The molecule has 0 bridgehead atoms. The average Bonchev–Trinajstić information content (AvgIpc) is 2.61. The monoisotopic (exact) mass is 436 g/mol. The van der Waals surface area contributed by atoms with Crippen molar-refractivity contribution in [3.63, 3.8) is 0 Å². The minimum atomic E-state index is -4.66. The van der Waals surface area contributed by atoms with E-state index in [0.717, 1.165) is 6.08 Å². The van der Waals surface area contributed by atoms with E-state index < -0.39 is 23.1 Å². The van der Waals surface area contributed by atoms with E-state index >= 15 is 0 Å². The summed E-state index contributed by atoms with van der Waals surface area (Å²) in [4.78, 5) is 24.1. The van der Waals surface area contributed by atoms with Crippen molar-refractivity contribution in [3.8, 4) is 0 Å². The molecule has 0 aromatic heterocycles. The molecule has 3 amide bonds. The molecule has 0 heterocycles. The second kappa shape index (κ2) is 8.65. The fourth-order valence-corrected chi connectivity index (χ4v) is 2.41. The third kappa shape index (κ3) is 5.63. The van der Waals surface area contributed by atoms with E-state index in [1.165, 1.54) is 36.4 Å². The van der Waals surface area contributed by atoms with Crippen LogP contribution < -0.4 is 9.74 Å². The first kappa shape index (κ1) is 21.1. The van der Waals surface area contributed by atoms with Crippen LogP contribution in [0.2, 0.25) is 5.02 Å². The van der Waals surface area contributed by atoms with Gasteiger partial charge in [0.15, 0.2) is 0 Å². The number of benzene rings is 2. The van der Waals surface area contributed by atoms with Crippen LogP contribution in [0.5, 0.6) is 0 Å². The zero-order valence-electron chi connectivity index (χ0n) is 13.2. The molecule has 0 aliphatic carbocycles. The SMILES string of the molecule is O=C(NC(=O)N(Cl)c1ccc(C=C(Cl)C(F)(F)F)cc1)c1ccccc1Cl. The van der Waals surface area contributed by atoms with Crippen molar-refractivity contribution in [2.45, 2.75) is 6.18 Å². The van der Waals surface area contributed by atoms with E-state index in [-0.39, 0.29) is 21.8 Å². The number of alkyl halides is 3. The second-order valence-electron chi connectivity index (χ2n) is 5.10. The maximum atomic E-state index is 12.4. The Hall–Kier alpha value is -2.22. The smallest absolute Gasteiger partial charge is 0.272 e. The van der Waals surface area contributed by atoms with Gasteiger partial charge in [0.2, 0.25) is 0 Å². The summed E-state index contributed by atoms with van der Waals surface area (Å²) in [6.07, 6.45) is -3.93. The molecule has 0 saturated heterocycles. The summed E-state index contributed by atoms with van der Waals surface area (Å²) >= 11 is 16.9. The van der Waals surface area contributed by atoms with E-state index in [9.17, 15) is 22.8 Å². The number of hydrogen-bond acceptors (Lipinski definition) is 2. The Morgan fingerprint density at radius 1 is 1.04 bits per heavy atom. The lowest BCUT2D eigenvalue weighted by atomic mass is 10.2. The first-order valence-electron chi connectivity index (χ1n) is 7.20. The van der Waals surface area contributed by atoms with Crippen molar-refractivity contribution in [1.29, 1.82) is 0 Å². The molecular formula is C17H10Cl3F3N2O2. The van der Waals surface area contributed by atoms with Gasteiger partial charge in [-0.3, -0.25) is 10.1 Å². The van der Waals surface area contributed by atoms with E-state index in [1.54, 1.807) is 12.1 Å². The van der Waals surface area contributed by atoms with Crippen LogP contribution in [0.15, 0.2) is 53.6 Å². The van der Waals surface area contributed by atoms with Crippen LogP contribution in [0.4, 0.5) is 23.7 Å². The summed E-state index contributed by atoms with van der Waals surface area (Å²) in [6.45, 7) is 0. The summed E-state index contributed by atoms with van der Waals surface area (Å²) in [5, 5.41) is 0.915. The Morgan fingerprint density at radius 3 is 2.19 bits per heavy atom. The summed E-state index contributed by atoms with van der Waals surface area (Å²) in [5.41, 5.74) is 0.361. The maximum Gasteiger partial charge on any atom is 0.426 e. The van der Waals surface area contributed by atoms with Gasteiger partial charge in [0.25, 0.3) is 5.91 Å². The van der Waals surface area contributed by atoms with Crippen LogP contribution >= 0.6 is 35.0 Å². The minimum absolute atomic E-state index is 0.0832. The number of hydrogen-bond donors (Lipinski definition) is 1. The van der Waals surface area contributed by atoms with Gasteiger partial charge in [-0.1, -0.05) is 47.5 Å². The van der Waals surface area contributed by atoms with Crippen molar-refractivity contribution in [3.05, 3.63) is 69.7 Å². The normalized spacial score (nSPS) is 11.9. The third-order valence-corrected chi connectivity index (χ3v) is 4.20. The van der Waals surface area contributed by atoms with Crippen LogP contribution in [-0.4, -0.2) is 18.1 Å². The molecule has 10 heteroatoms. The first-order valence-corrected chi connectivity index (χ1v) is 8.29. The van der Waals surface area contributed by atoms with Crippen LogP contribution in [0.1, 0.15) is 15.9 Å². The summed E-state index contributed by atoms with van der Waals surface area (Å²) < 4.78 is 37.8. The van der Waals surface area contributed by atoms with Crippen LogP contribution in [0, 0.1) is 0 Å². The number of nitrogens with zero attached hydrogens (tertiary/aromatic N) is 1. The lowest BCUT2D eigenvalue weighted by Gasteiger charge is -2.15. The molecule has 2 rings (SSSR count). The molecule has 0 spiro atoms. The highest BCUT2D eigenvalue weighted by atomic mass is 35.5. The Kier molecular flexibility index (Phi) is 6.75. The quantitative estimate of drug-likeness (QED) is 0.599. The van der Waals surface area contributed by atoms with Gasteiger partial charge >= 0.3 is 12.2 Å². The molecule has 2 aromatic rings. The van der Waals surface area contributed by atoms with E-state index in [4.69, 9.17) is 35.0 Å². The molecule has 0 fully saturated rings. The zero-order chi connectivity index (χ0) is 20.2. The van der Waals surface area contributed by atoms with Gasteiger partial charge in [-0.2, -0.15) is 13.2 Å². The third-order valence-electron chi connectivity index (χ3n) is 3.20. The number of carbonyl (C=O) groups is 2. The number of nitrogens with one attached hydrogen (secondary N) is 1. The van der Waals surface area contributed by atoms with Gasteiger partial charge in [0.1, 0.15) is 5.03 Å². The van der Waals surface area contributed by atoms with Crippen LogP contribution in [-0.2, 0) is 0 Å². The molecule has 0 radical (unpaired) electrons. The molecule has 0 aliphatic heterocycles. The van der Waals surface area contributed by atoms with Gasteiger partial charge in [-0.25, -0.2) is 9.21 Å². The topological polar surface area (TPSA) is 49.4 Å². The fraction of sp³-hybridized carbons (Fsp3) is 0.0588. The maximum absolute atomic E-state index is 12.4. The molecule has 4 nitrogen and oxygen atoms in total. The molecular weight excluding hydrogens is 428 g/mol. The summed E-state index contributed by atoms with van der Waals surface area (Å²) in [7, 11) is 0. The lowest BCUT2D eigenvalue weighted by Crippen LogP contribution is -2.38. The molecule has 0 aliphatic rings. The highest BCUT2D eigenvalue weighted by Gasteiger charge is 2.32. The van der Waals surface area contributed by atoms with Crippen molar-refractivity contribution in [2.24, 2.45) is 0 Å². The lowest BCUT2D eigenvalue weighted by molar-refractivity contribution is -0.0836. The number of amides is 3. The molecule has 0 unspecified atom stereocenters. The Bertz CT molecular complexity index is 884. The highest BCUT2D eigenvalue weighted by molar-refractivity contribution is 6.38. The minimum Gasteiger partial charge on any atom is -0.272 e. The van der Waals surface area contributed by atoms with Crippen molar-refractivity contribution in [1.82, 2.24) is 5.32 Å². The second-order valence-corrected chi connectivity index (χ2v) is 6.25. The first-order chi connectivity index (χ1) is 12.6. The number of anilines is 1. The van der Waals surface area contributed by atoms with Crippen molar-refractivity contribution in [2.75, 3.05) is 4.42 Å². The predicted octanol–water partition coefficient (Wildman–Crippen LogP) is 5.99. The summed E-state index contributed by atoms with van der Waals surface area (Å²) in [6, 6.07) is 10.3. The number of halogens is 6. The number of carbonyl (C=O) groups excluding carboxylic acids is 2.